The highest BCUT2D eigenvalue weighted by molar-refractivity contribution is 7.98. The number of carboxylic acids is 1. The van der Waals surface area contributed by atoms with E-state index in [0.29, 0.717) is 37.6 Å². The molecular weight excluding hydrogens is 560 g/mol. The second-order valence-corrected chi connectivity index (χ2v) is 12.5. The average molecular weight is 607 g/mol. The number of nitrogens with zero attached hydrogens (tertiary/aromatic N) is 1. The van der Waals surface area contributed by atoms with Crippen LogP contribution in [0.5, 0.6) is 0 Å². The third-order valence-electron chi connectivity index (χ3n) is 7.33. The molecule has 2 amide bonds. The van der Waals surface area contributed by atoms with Gasteiger partial charge in [-0.05, 0) is 77.6 Å². The van der Waals surface area contributed by atoms with Crippen LogP contribution in [0.4, 0.5) is 5.69 Å². The van der Waals surface area contributed by atoms with Gasteiger partial charge in [0.15, 0.2) is 0 Å². The van der Waals surface area contributed by atoms with Gasteiger partial charge in [-0.3, -0.25) is 14.5 Å². The van der Waals surface area contributed by atoms with Crippen molar-refractivity contribution >= 4 is 46.0 Å². The molecule has 3 rings (SSSR count). The number of carbonyl (C=O) groups is 3. The van der Waals surface area contributed by atoms with Crippen LogP contribution in [0.2, 0.25) is 0 Å². The molecule has 0 spiro atoms. The van der Waals surface area contributed by atoms with Crippen molar-refractivity contribution in [1.29, 1.82) is 0 Å². The second kappa shape index (κ2) is 17.5. The number of rotatable bonds is 18. The summed E-state index contributed by atoms with van der Waals surface area (Å²) >= 11 is 1.55. The molecule has 3 aromatic rings. The van der Waals surface area contributed by atoms with E-state index in [9.17, 15) is 19.5 Å². The van der Waals surface area contributed by atoms with E-state index in [-0.39, 0.29) is 24.4 Å². The van der Waals surface area contributed by atoms with Crippen LogP contribution in [0.25, 0.3) is 10.8 Å². The summed E-state index contributed by atoms with van der Waals surface area (Å²) in [4.78, 5) is 40.0. The quantitative estimate of drug-likeness (QED) is 0.149. The number of thioether (sulfide) groups is 1. The van der Waals surface area contributed by atoms with Crippen molar-refractivity contribution in [2.24, 2.45) is 5.92 Å². The third kappa shape index (κ3) is 11.9. The van der Waals surface area contributed by atoms with Crippen molar-refractivity contribution in [1.82, 2.24) is 15.5 Å². The number of anilines is 1. The molecule has 3 aromatic carbocycles. The van der Waals surface area contributed by atoms with Crippen molar-refractivity contribution in [3.63, 3.8) is 0 Å². The van der Waals surface area contributed by atoms with E-state index < -0.39 is 12.0 Å². The molecule has 232 valence electrons. The number of hydrogen-bond acceptors (Lipinski definition) is 6. The topological polar surface area (TPSA) is 125 Å². The van der Waals surface area contributed by atoms with Gasteiger partial charge in [-0.2, -0.15) is 11.8 Å². The molecule has 5 N–H and O–H groups in total. The lowest BCUT2D eigenvalue weighted by molar-refractivity contribution is -0.142. The van der Waals surface area contributed by atoms with Crippen LogP contribution < -0.4 is 16.4 Å². The minimum atomic E-state index is -1.04. The lowest BCUT2D eigenvalue weighted by atomic mass is 10.0. The maximum atomic E-state index is 13.2. The Hall–Kier alpha value is -3.56. The molecule has 0 bridgehead atoms. The predicted molar refractivity (Wildman–Crippen MR) is 177 cm³/mol. The summed E-state index contributed by atoms with van der Waals surface area (Å²) in [6, 6.07) is 20.9. The number of nitrogens with two attached hydrogens (primary N) is 1. The van der Waals surface area contributed by atoms with E-state index in [0.717, 1.165) is 46.8 Å². The monoisotopic (exact) mass is 606 g/mol. The zero-order chi connectivity index (χ0) is 31.2. The molecule has 0 radical (unpaired) electrons. The molecule has 43 heavy (non-hydrogen) atoms. The van der Waals surface area contributed by atoms with Gasteiger partial charge in [-0.15, -0.1) is 0 Å². The summed E-state index contributed by atoms with van der Waals surface area (Å²) in [7, 11) is 0. The van der Waals surface area contributed by atoms with Crippen LogP contribution in [0.1, 0.15) is 50.7 Å². The van der Waals surface area contributed by atoms with Gasteiger partial charge in [0.05, 0.1) is 6.54 Å². The molecule has 0 aliphatic heterocycles. The lowest BCUT2D eigenvalue weighted by Crippen LogP contribution is -2.49. The number of fused-ring (bicyclic) bond motifs is 1. The van der Waals surface area contributed by atoms with E-state index in [4.69, 9.17) is 5.73 Å². The van der Waals surface area contributed by atoms with Crippen LogP contribution in [-0.2, 0) is 27.3 Å². The molecule has 0 aliphatic carbocycles. The summed E-state index contributed by atoms with van der Waals surface area (Å²) in [5.74, 6) is -0.425. The summed E-state index contributed by atoms with van der Waals surface area (Å²) in [6.45, 7) is 5.20. The van der Waals surface area contributed by atoms with E-state index >= 15 is 0 Å². The maximum Gasteiger partial charge on any atom is 0.326 e. The van der Waals surface area contributed by atoms with Crippen molar-refractivity contribution in [2.45, 2.75) is 64.6 Å². The Labute approximate surface area is 259 Å². The fourth-order valence-corrected chi connectivity index (χ4v) is 5.76. The Morgan fingerprint density at radius 3 is 2.37 bits per heavy atom. The van der Waals surface area contributed by atoms with Crippen LogP contribution >= 0.6 is 11.8 Å². The number of aryl methyl sites for hydroxylation is 1. The fourth-order valence-electron chi connectivity index (χ4n) is 5.29. The van der Waals surface area contributed by atoms with Crippen LogP contribution in [0.15, 0.2) is 66.7 Å². The minimum absolute atomic E-state index is 0.0151. The number of carbonyl (C=O) groups excluding carboxylic acids is 2. The Morgan fingerprint density at radius 1 is 0.953 bits per heavy atom. The predicted octanol–water partition coefficient (Wildman–Crippen LogP) is 5.10. The zero-order valence-electron chi connectivity index (χ0n) is 25.6. The zero-order valence-corrected chi connectivity index (χ0v) is 26.4. The largest absolute Gasteiger partial charge is 0.480 e. The van der Waals surface area contributed by atoms with Crippen LogP contribution in [0.3, 0.4) is 0 Å². The first-order valence-electron chi connectivity index (χ1n) is 15.0. The van der Waals surface area contributed by atoms with Crippen molar-refractivity contribution in [3.8, 4) is 0 Å². The highest BCUT2D eigenvalue weighted by Crippen LogP contribution is 2.21. The number of carboxylic acid groups (broad SMARTS) is 1. The standard InChI is InChI=1S/C34H46N4O4S/c1-24(2)20-29(36-32(39)13-6-8-25-14-16-28(35)17-15-25)22-38(23-33(40)37-31(34(41)42)18-19-43-3)21-27-11-7-10-26-9-4-5-12-30(26)27/h4-5,7,9-12,14-17,24,29,31H,6,8,13,18-23,35H2,1-3H3,(H,36,39)(H,37,40)(H,41,42)/t29-,31-/m0/s1. The van der Waals surface area contributed by atoms with Crippen LogP contribution in [0, 0.1) is 5.92 Å². The summed E-state index contributed by atoms with van der Waals surface area (Å²) in [5, 5.41) is 17.8. The van der Waals surface area contributed by atoms with Gasteiger partial charge >= 0.3 is 5.97 Å². The Bertz CT molecular complexity index is 1330. The molecular formula is C34H46N4O4S. The SMILES string of the molecule is CSCC[C@H](NC(=O)CN(Cc1cccc2ccccc12)C[C@H](CC(C)C)NC(=O)CCCc1ccc(N)cc1)C(=O)O. The molecule has 9 heteroatoms. The second-order valence-electron chi connectivity index (χ2n) is 11.5. The molecule has 8 nitrogen and oxygen atoms in total. The van der Waals surface area contributed by atoms with E-state index in [1.165, 1.54) is 0 Å². The highest BCUT2D eigenvalue weighted by Gasteiger charge is 2.24. The van der Waals surface area contributed by atoms with Crippen molar-refractivity contribution in [2.75, 3.05) is 30.8 Å². The molecule has 0 unspecified atom stereocenters. The minimum Gasteiger partial charge on any atom is -0.480 e. The van der Waals surface area contributed by atoms with Gasteiger partial charge < -0.3 is 21.5 Å². The Morgan fingerprint density at radius 2 is 1.67 bits per heavy atom. The normalized spacial score (nSPS) is 12.8. The molecule has 0 saturated carbocycles. The summed E-state index contributed by atoms with van der Waals surface area (Å²) in [6.07, 6.45) is 4.93. The smallest absolute Gasteiger partial charge is 0.326 e. The first kappa shape index (κ1) is 33.9. The number of nitrogens with one attached hydrogen (secondary N) is 2. The number of aliphatic carboxylic acids is 1. The average Bonchev–Trinajstić information content (AvgIpc) is 2.96. The summed E-state index contributed by atoms with van der Waals surface area (Å²) < 4.78 is 0. The maximum absolute atomic E-state index is 13.2. The first-order chi connectivity index (χ1) is 20.6. The van der Waals surface area contributed by atoms with E-state index in [2.05, 4.69) is 48.7 Å². The van der Waals surface area contributed by atoms with E-state index in [1.807, 2.05) is 53.6 Å². The molecule has 0 heterocycles. The third-order valence-corrected chi connectivity index (χ3v) is 7.98. The Kier molecular flexibility index (Phi) is 13.8. The molecule has 0 aromatic heterocycles. The summed E-state index contributed by atoms with van der Waals surface area (Å²) in [5.41, 5.74) is 8.71. The van der Waals surface area contributed by atoms with Gasteiger partial charge in [0, 0.05) is 31.2 Å². The molecule has 0 aliphatic rings. The van der Waals surface area contributed by atoms with Gasteiger partial charge in [0.1, 0.15) is 6.04 Å². The van der Waals surface area contributed by atoms with Gasteiger partial charge in [0.2, 0.25) is 11.8 Å². The van der Waals surface area contributed by atoms with Gasteiger partial charge in [-0.1, -0.05) is 68.4 Å². The lowest BCUT2D eigenvalue weighted by Gasteiger charge is -2.29. The fraction of sp³-hybridized carbons (Fsp3) is 0.441. The Balaban J connectivity index is 1.73. The number of benzene rings is 3. The highest BCUT2D eigenvalue weighted by atomic mass is 32.2. The van der Waals surface area contributed by atoms with E-state index in [1.54, 1.807) is 11.8 Å². The van der Waals surface area contributed by atoms with Gasteiger partial charge in [-0.25, -0.2) is 4.79 Å². The molecule has 0 saturated heterocycles. The number of hydrogen-bond donors (Lipinski definition) is 4. The molecule has 0 fully saturated rings. The van der Waals surface area contributed by atoms with Crippen LogP contribution in [-0.4, -0.2) is 65.0 Å². The number of amides is 2. The first-order valence-corrected chi connectivity index (χ1v) is 16.4. The molecule has 2 atom stereocenters. The van der Waals surface area contributed by atoms with Crippen molar-refractivity contribution < 1.29 is 19.5 Å². The number of nitrogen functional groups attached to an aromatic ring is 1. The van der Waals surface area contributed by atoms with Gasteiger partial charge in [0.25, 0.3) is 0 Å². The van der Waals surface area contributed by atoms with Crippen molar-refractivity contribution in [3.05, 3.63) is 77.9 Å².